The van der Waals surface area contributed by atoms with Gasteiger partial charge in [-0.3, -0.25) is 4.79 Å². The molecular weight excluding hydrogens is 639 g/mol. The van der Waals surface area contributed by atoms with Gasteiger partial charge in [0, 0.05) is 52.7 Å². The Morgan fingerprint density at radius 3 is 2.49 bits per heavy atom. The number of hydrogen-bond acceptors (Lipinski definition) is 7. The normalized spacial score (nSPS) is 17.2. The van der Waals surface area contributed by atoms with Gasteiger partial charge in [0.05, 0.1) is 20.8 Å². The van der Waals surface area contributed by atoms with Gasteiger partial charge < -0.3 is 29.4 Å². The van der Waals surface area contributed by atoms with Crippen LogP contribution in [0.1, 0.15) is 41.2 Å². The molecule has 0 saturated carbocycles. The first-order valence-corrected chi connectivity index (χ1v) is 15.9. The molecule has 10 heteroatoms. The maximum absolute atomic E-state index is 14.6. The number of methoxy groups -OCH3 is 2. The van der Waals surface area contributed by atoms with Crippen molar-refractivity contribution in [3.8, 4) is 17.2 Å². The van der Waals surface area contributed by atoms with Crippen LogP contribution in [0.15, 0.2) is 102 Å². The number of carbonyl (C=O) groups excluding carboxylic acids is 1. The number of hydrogen-bond donors (Lipinski definition) is 2. The number of benzene rings is 4. The number of para-hydroxylation sites is 1. The van der Waals surface area contributed by atoms with Crippen molar-refractivity contribution >= 4 is 41.1 Å². The number of rotatable bonds is 14. The highest BCUT2D eigenvalue weighted by Crippen LogP contribution is 2.45. The maximum atomic E-state index is 14.6. The van der Waals surface area contributed by atoms with E-state index in [-0.39, 0.29) is 31.4 Å². The largest absolute Gasteiger partial charge is 0.494 e. The van der Waals surface area contributed by atoms with Crippen molar-refractivity contribution in [1.29, 1.82) is 0 Å². The molecule has 8 nitrogen and oxygen atoms in total. The lowest BCUT2D eigenvalue weighted by Gasteiger charge is -2.30. The molecule has 1 aliphatic rings. The number of ether oxygens (including phenoxy) is 4. The number of nitrogens with one attached hydrogen (secondary N) is 1. The van der Waals surface area contributed by atoms with Gasteiger partial charge in [-0.05, 0) is 48.0 Å². The number of halogens is 2. The van der Waals surface area contributed by atoms with Crippen LogP contribution in [0.4, 0.5) is 0 Å². The molecule has 1 heterocycles. The molecule has 5 rings (SSSR count). The van der Waals surface area contributed by atoms with Crippen LogP contribution in [0.3, 0.4) is 0 Å². The SMILES string of the molecule is COc1cccc(CNC(=O)[C@]2(C/C=C/c3ccccc3)N=C(c3ccc(OCCCO)cc3)O[C@@H]2c2ccc(Cl)cc2Cl)c1OC. The van der Waals surface area contributed by atoms with E-state index in [4.69, 9.17) is 52.2 Å². The molecule has 0 spiro atoms. The van der Waals surface area contributed by atoms with E-state index in [9.17, 15) is 4.79 Å². The van der Waals surface area contributed by atoms with Gasteiger partial charge in [-0.2, -0.15) is 0 Å². The molecule has 0 aromatic heterocycles. The van der Waals surface area contributed by atoms with Crippen LogP contribution in [0.2, 0.25) is 10.0 Å². The van der Waals surface area contributed by atoms with Gasteiger partial charge in [0.1, 0.15) is 5.75 Å². The van der Waals surface area contributed by atoms with Crippen molar-refractivity contribution in [3.63, 3.8) is 0 Å². The number of aliphatic hydroxyl groups is 1. The van der Waals surface area contributed by atoms with Crippen LogP contribution in [0.5, 0.6) is 17.2 Å². The summed E-state index contributed by atoms with van der Waals surface area (Å²) in [5, 5.41) is 13.0. The lowest BCUT2D eigenvalue weighted by Crippen LogP contribution is -2.47. The van der Waals surface area contributed by atoms with Crippen LogP contribution in [0.25, 0.3) is 6.08 Å². The van der Waals surface area contributed by atoms with E-state index in [0.29, 0.717) is 51.4 Å². The van der Waals surface area contributed by atoms with Gasteiger partial charge in [-0.25, -0.2) is 4.99 Å². The summed E-state index contributed by atoms with van der Waals surface area (Å²) in [6.07, 6.45) is 3.70. The third-order valence-corrected chi connectivity index (χ3v) is 8.30. The minimum atomic E-state index is -1.46. The second-order valence-corrected chi connectivity index (χ2v) is 11.7. The Labute approximate surface area is 284 Å². The maximum Gasteiger partial charge on any atom is 0.252 e. The molecule has 4 aromatic carbocycles. The third-order valence-electron chi connectivity index (χ3n) is 7.74. The van der Waals surface area contributed by atoms with E-state index < -0.39 is 11.6 Å². The molecule has 1 amide bonds. The van der Waals surface area contributed by atoms with Crippen LogP contribution >= 0.6 is 23.2 Å². The van der Waals surface area contributed by atoms with Crippen LogP contribution < -0.4 is 19.5 Å². The zero-order chi connectivity index (χ0) is 33.2. The summed E-state index contributed by atoms with van der Waals surface area (Å²) in [5.74, 6) is 1.64. The number of amides is 1. The first kappa shape index (κ1) is 33.9. The summed E-state index contributed by atoms with van der Waals surface area (Å²) in [6.45, 7) is 0.583. The summed E-state index contributed by atoms with van der Waals surface area (Å²) >= 11 is 13.0. The Kier molecular flexibility index (Phi) is 11.4. The fraction of sp³-hybridized carbons (Fsp3) is 0.243. The monoisotopic (exact) mass is 674 g/mol. The van der Waals surface area contributed by atoms with Crippen molar-refractivity contribution < 1.29 is 28.8 Å². The smallest absolute Gasteiger partial charge is 0.252 e. The second-order valence-electron chi connectivity index (χ2n) is 10.8. The Hall–Kier alpha value is -4.50. The summed E-state index contributed by atoms with van der Waals surface area (Å²) in [4.78, 5) is 19.6. The Morgan fingerprint density at radius 2 is 1.79 bits per heavy atom. The van der Waals surface area contributed by atoms with Crippen LogP contribution in [-0.4, -0.2) is 49.9 Å². The second kappa shape index (κ2) is 15.9. The summed E-state index contributed by atoms with van der Waals surface area (Å²) in [6, 6.07) is 27.7. The Balaban J connectivity index is 1.56. The van der Waals surface area contributed by atoms with Crippen molar-refractivity contribution in [2.24, 2.45) is 4.99 Å². The first-order valence-electron chi connectivity index (χ1n) is 15.1. The van der Waals surface area contributed by atoms with Gasteiger partial charge >= 0.3 is 0 Å². The van der Waals surface area contributed by atoms with Crippen LogP contribution in [0, 0.1) is 0 Å². The number of aliphatic hydroxyl groups excluding tert-OH is 1. The van der Waals surface area contributed by atoms with E-state index >= 15 is 0 Å². The van der Waals surface area contributed by atoms with E-state index in [0.717, 1.165) is 11.1 Å². The molecule has 0 fully saturated rings. The number of aliphatic imine (C=N–C) groups is 1. The minimum Gasteiger partial charge on any atom is -0.494 e. The molecule has 47 heavy (non-hydrogen) atoms. The lowest BCUT2D eigenvalue weighted by atomic mass is 9.84. The minimum absolute atomic E-state index is 0.0465. The van der Waals surface area contributed by atoms with E-state index in [1.807, 2.05) is 66.7 Å². The van der Waals surface area contributed by atoms with Gasteiger partial charge in [-0.1, -0.05) is 83.9 Å². The quantitative estimate of drug-likeness (QED) is 0.135. The topological polar surface area (TPSA) is 98.6 Å². The van der Waals surface area contributed by atoms with E-state index in [1.165, 1.54) is 0 Å². The predicted molar refractivity (Wildman–Crippen MR) is 185 cm³/mol. The lowest BCUT2D eigenvalue weighted by molar-refractivity contribution is -0.129. The van der Waals surface area contributed by atoms with E-state index in [1.54, 1.807) is 50.6 Å². The van der Waals surface area contributed by atoms with Crippen molar-refractivity contribution in [2.45, 2.75) is 31.0 Å². The fourth-order valence-corrected chi connectivity index (χ4v) is 5.87. The molecule has 244 valence electrons. The van der Waals surface area contributed by atoms with Crippen molar-refractivity contribution in [1.82, 2.24) is 5.32 Å². The molecule has 0 aliphatic carbocycles. The van der Waals surface area contributed by atoms with Gasteiger partial charge in [-0.15, -0.1) is 0 Å². The third kappa shape index (κ3) is 7.91. The van der Waals surface area contributed by atoms with E-state index in [2.05, 4.69) is 5.32 Å². The molecule has 0 unspecified atom stereocenters. The summed E-state index contributed by atoms with van der Waals surface area (Å²) < 4.78 is 23.3. The average molecular weight is 676 g/mol. The Morgan fingerprint density at radius 1 is 1.00 bits per heavy atom. The van der Waals surface area contributed by atoms with Gasteiger partial charge in [0.2, 0.25) is 5.90 Å². The molecule has 0 saturated heterocycles. The molecule has 4 aromatic rings. The average Bonchev–Trinajstić information content (AvgIpc) is 3.48. The highest BCUT2D eigenvalue weighted by atomic mass is 35.5. The zero-order valence-electron chi connectivity index (χ0n) is 26.1. The summed E-state index contributed by atoms with van der Waals surface area (Å²) in [5.41, 5.74) is 1.48. The van der Waals surface area contributed by atoms with Gasteiger partial charge in [0.15, 0.2) is 23.1 Å². The van der Waals surface area contributed by atoms with Gasteiger partial charge in [0.25, 0.3) is 5.91 Å². The molecule has 0 bridgehead atoms. The number of carbonyl (C=O) groups is 1. The highest BCUT2D eigenvalue weighted by Gasteiger charge is 2.53. The molecule has 0 radical (unpaired) electrons. The molecule has 2 atom stereocenters. The zero-order valence-corrected chi connectivity index (χ0v) is 27.6. The molecule has 1 aliphatic heterocycles. The standard InChI is InChI=1S/C37H36Cl2N2O6/c1-44-32-13-6-12-27(33(32)45-2)24-40-36(43)37(20-7-11-25-9-4-3-5-10-25)34(30-19-16-28(38)23-31(30)39)47-35(41-37)26-14-17-29(18-15-26)46-22-8-21-42/h3-7,9-19,23,34,42H,8,20-22,24H2,1-2H3,(H,40,43)/b11-7+/t34-,37-/m1/s1. The number of nitrogens with zero attached hydrogens (tertiary/aromatic N) is 1. The van der Waals surface area contributed by atoms with Crippen molar-refractivity contribution in [2.75, 3.05) is 27.4 Å². The fourth-order valence-electron chi connectivity index (χ4n) is 5.37. The summed E-state index contributed by atoms with van der Waals surface area (Å²) in [7, 11) is 3.12. The highest BCUT2D eigenvalue weighted by molar-refractivity contribution is 6.35. The molecule has 2 N–H and O–H groups in total. The Bertz CT molecular complexity index is 1730. The molecular formula is C37H36Cl2N2O6. The van der Waals surface area contributed by atoms with Crippen molar-refractivity contribution in [3.05, 3.63) is 129 Å². The van der Waals surface area contributed by atoms with Crippen LogP contribution in [-0.2, 0) is 16.1 Å². The first-order chi connectivity index (χ1) is 22.9. The predicted octanol–water partition coefficient (Wildman–Crippen LogP) is 7.45.